The molecule has 1 rings (SSSR count). The second kappa shape index (κ2) is 4.11. The number of Topliss-reactive ketones (excluding diaryl/α,β-unsaturated/α-hetero) is 1. The largest absolute Gasteiger partial charge is 0.460 e. The number of carbonyl (C=O) groups is 2. The van der Waals surface area contributed by atoms with Crippen molar-refractivity contribution in [3.05, 3.63) is 0 Å². The minimum atomic E-state index is -0.489. The predicted molar refractivity (Wildman–Crippen MR) is 52.8 cm³/mol. The van der Waals surface area contributed by atoms with E-state index in [4.69, 9.17) is 4.74 Å². The molecule has 0 N–H and O–H groups in total. The summed E-state index contributed by atoms with van der Waals surface area (Å²) in [5, 5.41) is 0. The van der Waals surface area contributed by atoms with Gasteiger partial charge in [-0.25, -0.2) is 0 Å². The van der Waals surface area contributed by atoms with Crippen LogP contribution in [0.3, 0.4) is 0 Å². The molecule has 0 radical (unpaired) electrons. The molecule has 3 heteroatoms. The third-order valence-corrected chi connectivity index (χ3v) is 2.30. The maximum Gasteiger partial charge on any atom is 0.313 e. The van der Waals surface area contributed by atoms with Crippen molar-refractivity contribution in [2.45, 2.75) is 52.1 Å². The zero-order valence-electron chi connectivity index (χ0n) is 9.13. The summed E-state index contributed by atoms with van der Waals surface area (Å²) in [7, 11) is 0. The number of hydrogen-bond acceptors (Lipinski definition) is 3. The Balaban J connectivity index is 2.29. The van der Waals surface area contributed by atoms with Crippen molar-refractivity contribution < 1.29 is 14.3 Å². The van der Waals surface area contributed by atoms with E-state index in [2.05, 4.69) is 0 Å². The standard InChI is InChI=1S/C11H18O3/c1-11(2,3)14-10(13)7-9(12)8-5-4-6-8/h8H,4-7H2,1-3H3. The molecule has 0 aromatic carbocycles. The average molecular weight is 198 g/mol. The van der Waals surface area contributed by atoms with E-state index in [1.165, 1.54) is 0 Å². The molecule has 0 aromatic heterocycles. The van der Waals surface area contributed by atoms with Crippen LogP contribution in [0.25, 0.3) is 0 Å². The Morgan fingerprint density at radius 3 is 2.21 bits per heavy atom. The van der Waals surface area contributed by atoms with Gasteiger partial charge in [0.25, 0.3) is 0 Å². The molecule has 0 spiro atoms. The summed E-state index contributed by atoms with van der Waals surface area (Å²) in [5.41, 5.74) is -0.489. The molecule has 1 saturated carbocycles. The molecule has 0 saturated heterocycles. The topological polar surface area (TPSA) is 43.4 Å². The van der Waals surface area contributed by atoms with Gasteiger partial charge in [-0.2, -0.15) is 0 Å². The maximum absolute atomic E-state index is 11.4. The predicted octanol–water partition coefficient (Wildman–Crippen LogP) is 2.09. The number of ether oxygens (including phenoxy) is 1. The van der Waals surface area contributed by atoms with Crippen LogP contribution in [0.2, 0.25) is 0 Å². The van der Waals surface area contributed by atoms with Gasteiger partial charge in [0.1, 0.15) is 17.8 Å². The quantitative estimate of drug-likeness (QED) is 0.515. The van der Waals surface area contributed by atoms with Crippen LogP contribution in [-0.2, 0) is 14.3 Å². The van der Waals surface area contributed by atoms with E-state index in [0.29, 0.717) is 0 Å². The summed E-state index contributed by atoms with van der Waals surface area (Å²) >= 11 is 0. The summed E-state index contributed by atoms with van der Waals surface area (Å²) in [5.74, 6) is -0.220. The minimum absolute atomic E-state index is 0.0468. The normalized spacial score (nSPS) is 17.4. The lowest BCUT2D eigenvalue weighted by atomic mass is 9.81. The van der Waals surface area contributed by atoms with Crippen molar-refractivity contribution >= 4 is 11.8 Å². The maximum atomic E-state index is 11.4. The number of hydrogen-bond donors (Lipinski definition) is 0. The number of ketones is 1. The van der Waals surface area contributed by atoms with Crippen LogP contribution < -0.4 is 0 Å². The zero-order chi connectivity index (χ0) is 10.8. The summed E-state index contributed by atoms with van der Waals surface area (Å²) in [4.78, 5) is 22.7. The van der Waals surface area contributed by atoms with Crippen molar-refractivity contribution in [1.82, 2.24) is 0 Å². The molecular weight excluding hydrogens is 180 g/mol. The molecule has 0 bridgehead atoms. The zero-order valence-corrected chi connectivity index (χ0v) is 9.13. The van der Waals surface area contributed by atoms with Crippen molar-refractivity contribution in [2.75, 3.05) is 0 Å². The molecule has 0 atom stereocenters. The number of rotatable bonds is 3. The second-order valence-electron chi connectivity index (χ2n) is 4.86. The lowest BCUT2D eigenvalue weighted by Crippen LogP contribution is -2.29. The fraction of sp³-hybridized carbons (Fsp3) is 0.818. The smallest absolute Gasteiger partial charge is 0.313 e. The van der Waals surface area contributed by atoms with Gasteiger partial charge in [0.05, 0.1) is 0 Å². The van der Waals surface area contributed by atoms with Gasteiger partial charge in [0.2, 0.25) is 0 Å². The van der Waals surface area contributed by atoms with E-state index in [1.807, 2.05) is 0 Å². The van der Waals surface area contributed by atoms with Crippen LogP contribution in [0.1, 0.15) is 46.5 Å². The summed E-state index contributed by atoms with van der Waals surface area (Å²) < 4.78 is 5.07. The van der Waals surface area contributed by atoms with E-state index in [0.717, 1.165) is 19.3 Å². The number of esters is 1. The Morgan fingerprint density at radius 2 is 1.86 bits per heavy atom. The molecule has 0 amide bonds. The number of carbonyl (C=O) groups excluding carboxylic acids is 2. The van der Waals surface area contributed by atoms with Crippen LogP contribution in [-0.4, -0.2) is 17.4 Å². The van der Waals surface area contributed by atoms with Crippen molar-refractivity contribution in [3.63, 3.8) is 0 Å². The Bertz CT molecular complexity index is 233. The SMILES string of the molecule is CC(C)(C)OC(=O)CC(=O)C1CCC1. The van der Waals surface area contributed by atoms with Gasteiger partial charge in [0, 0.05) is 5.92 Å². The van der Waals surface area contributed by atoms with E-state index < -0.39 is 11.6 Å². The molecule has 3 nitrogen and oxygen atoms in total. The van der Waals surface area contributed by atoms with Gasteiger partial charge in [-0.1, -0.05) is 6.42 Å². The Hall–Kier alpha value is -0.860. The van der Waals surface area contributed by atoms with Crippen LogP contribution in [0.5, 0.6) is 0 Å². The van der Waals surface area contributed by atoms with E-state index in [-0.39, 0.29) is 18.1 Å². The summed E-state index contributed by atoms with van der Waals surface area (Å²) in [6.45, 7) is 5.41. The van der Waals surface area contributed by atoms with Gasteiger partial charge >= 0.3 is 5.97 Å². The highest BCUT2D eigenvalue weighted by Gasteiger charge is 2.28. The van der Waals surface area contributed by atoms with Crippen LogP contribution in [0.15, 0.2) is 0 Å². The first-order valence-electron chi connectivity index (χ1n) is 5.13. The first-order valence-corrected chi connectivity index (χ1v) is 5.13. The molecule has 80 valence electrons. The van der Waals surface area contributed by atoms with Crippen molar-refractivity contribution in [2.24, 2.45) is 5.92 Å². The lowest BCUT2D eigenvalue weighted by Gasteiger charge is -2.24. The first-order chi connectivity index (χ1) is 6.38. The fourth-order valence-electron chi connectivity index (χ4n) is 1.39. The molecular formula is C11H18O3. The molecule has 0 unspecified atom stereocenters. The van der Waals surface area contributed by atoms with Gasteiger partial charge in [-0.05, 0) is 33.6 Å². The van der Waals surface area contributed by atoms with Gasteiger partial charge in [0.15, 0.2) is 0 Å². The molecule has 1 fully saturated rings. The molecule has 0 aromatic rings. The highest BCUT2D eigenvalue weighted by atomic mass is 16.6. The van der Waals surface area contributed by atoms with Crippen LogP contribution >= 0.6 is 0 Å². The third-order valence-electron chi connectivity index (χ3n) is 2.30. The van der Waals surface area contributed by atoms with Gasteiger partial charge < -0.3 is 4.74 Å². The molecule has 0 heterocycles. The lowest BCUT2D eigenvalue weighted by molar-refractivity contribution is -0.157. The monoisotopic (exact) mass is 198 g/mol. The first kappa shape index (κ1) is 11.2. The van der Waals surface area contributed by atoms with Crippen LogP contribution in [0.4, 0.5) is 0 Å². The highest BCUT2D eigenvalue weighted by Crippen LogP contribution is 2.28. The van der Waals surface area contributed by atoms with Gasteiger partial charge in [-0.3, -0.25) is 9.59 Å². The Morgan fingerprint density at radius 1 is 1.29 bits per heavy atom. The average Bonchev–Trinajstić information content (AvgIpc) is 1.75. The fourth-order valence-corrected chi connectivity index (χ4v) is 1.39. The molecule has 0 aliphatic heterocycles. The van der Waals surface area contributed by atoms with Crippen molar-refractivity contribution in [3.8, 4) is 0 Å². The third kappa shape index (κ3) is 3.48. The van der Waals surface area contributed by atoms with E-state index in [9.17, 15) is 9.59 Å². The van der Waals surface area contributed by atoms with Gasteiger partial charge in [-0.15, -0.1) is 0 Å². The van der Waals surface area contributed by atoms with E-state index in [1.54, 1.807) is 20.8 Å². The second-order valence-corrected chi connectivity index (χ2v) is 4.86. The molecule has 1 aliphatic carbocycles. The minimum Gasteiger partial charge on any atom is -0.460 e. The Kier molecular flexibility index (Phi) is 3.29. The summed E-state index contributed by atoms with van der Waals surface area (Å²) in [6, 6.07) is 0. The highest BCUT2D eigenvalue weighted by molar-refractivity contribution is 5.97. The molecule has 14 heavy (non-hydrogen) atoms. The van der Waals surface area contributed by atoms with E-state index >= 15 is 0 Å². The van der Waals surface area contributed by atoms with Crippen LogP contribution in [0, 0.1) is 5.92 Å². The summed E-state index contributed by atoms with van der Waals surface area (Å²) in [6.07, 6.45) is 2.95. The van der Waals surface area contributed by atoms with Crippen molar-refractivity contribution in [1.29, 1.82) is 0 Å². The Labute approximate surface area is 84.8 Å². The molecule has 1 aliphatic rings.